The molecule has 0 saturated carbocycles. The van der Waals surface area contributed by atoms with Gasteiger partial charge in [-0.1, -0.05) is 18.2 Å². The number of hydrogen-bond donors (Lipinski definition) is 1. The van der Waals surface area contributed by atoms with Gasteiger partial charge in [-0.2, -0.15) is 13.2 Å². The number of alkyl halides is 3. The van der Waals surface area contributed by atoms with Crippen LogP contribution in [0.1, 0.15) is 18.1 Å². The van der Waals surface area contributed by atoms with Gasteiger partial charge in [0, 0.05) is 5.69 Å². The number of anilines is 1. The third-order valence-electron chi connectivity index (χ3n) is 3.45. The van der Waals surface area contributed by atoms with Crippen molar-refractivity contribution in [3.8, 4) is 0 Å². The minimum atomic E-state index is -4.47. The van der Waals surface area contributed by atoms with E-state index < -0.39 is 35.5 Å². The average molecular weight is 369 g/mol. The molecule has 1 atom stereocenters. The quantitative estimate of drug-likeness (QED) is 0.641. The van der Waals surface area contributed by atoms with Gasteiger partial charge in [-0.25, -0.2) is 4.39 Å². The van der Waals surface area contributed by atoms with Crippen LogP contribution in [0, 0.1) is 5.82 Å². The monoisotopic (exact) mass is 369 g/mol. The predicted molar refractivity (Wildman–Crippen MR) is 85.7 cm³/mol. The van der Waals surface area contributed by atoms with E-state index in [4.69, 9.17) is 4.74 Å². The van der Waals surface area contributed by atoms with Crippen LogP contribution in [0.5, 0.6) is 0 Å². The smallest absolute Gasteiger partial charge is 0.416 e. The lowest BCUT2D eigenvalue weighted by atomic mass is 10.1. The standard InChI is InChI=1S/C18H15F4NO3/c1-11(26-16(24)10-12-4-2-3-5-15(12)19)17(25)23-14-8-6-13(7-9-14)18(20,21)22/h2-9,11H,10H2,1H3,(H,23,25)/t11-/m1/s1. The van der Waals surface area contributed by atoms with Gasteiger partial charge >= 0.3 is 12.1 Å². The van der Waals surface area contributed by atoms with Crippen LogP contribution in [0.2, 0.25) is 0 Å². The van der Waals surface area contributed by atoms with Gasteiger partial charge in [0.2, 0.25) is 0 Å². The number of rotatable bonds is 5. The van der Waals surface area contributed by atoms with Gasteiger partial charge in [0.05, 0.1) is 12.0 Å². The van der Waals surface area contributed by atoms with Gasteiger partial charge in [-0.15, -0.1) is 0 Å². The topological polar surface area (TPSA) is 55.4 Å². The third kappa shape index (κ3) is 5.30. The normalized spacial score (nSPS) is 12.3. The summed E-state index contributed by atoms with van der Waals surface area (Å²) in [6, 6.07) is 9.49. The Morgan fingerprint density at radius 3 is 2.27 bits per heavy atom. The summed E-state index contributed by atoms with van der Waals surface area (Å²) in [6.07, 6.45) is -6.01. The molecule has 0 bridgehead atoms. The Labute approximate surface area is 146 Å². The first kappa shape index (κ1) is 19.4. The fourth-order valence-corrected chi connectivity index (χ4v) is 2.08. The summed E-state index contributed by atoms with van der Waals surface area (Å²) >= 11 is 0. The van der Waals surface area contributed by atoms with Crippen LogP contribution >= 0.6 is 0 Å². The molecule has 2 aromatic carbocycles. The van der Waals surface area contributed by atoms with Crippen molar-refractivity contribution in [3.05, 3.63) is 65.5 Å². The Hall–Kier alpha value is -2.90. The van der Waals surface area contributed by atoms with Gasteiger partial charge in [-0.05, 0) is 42.8 Å². The summed E-state index contributed by atoms with van der Waals surface area (Å²) in [7, 11) is 0. The Morgan fingerprint density at radius 1 is 1.08 bits per heavy atom. The molecule has 2 rings (SSSR count). The number of nitrogens with one attached hydrogen (secondary N) is 1. The summed E-state index contributed by atoms with van der Waals surface area (Å²) in [6.45, 7) is 1.30. The van der Waals surface area contributed by atoms with Crippen LogP contribution in [0.15, 0.2) is 48.5 Å². The van der Waals surface area contributed by atoms with E-state index in [0.717, 1.165) is 24.3 Å². The first-order valence-electron chi connectivity index (χ1n) is 7.58. The molecule has 0 fully saturated rings. The Bertz CT molecular complexity index is 788. The molecular formula is C18H15F4NO3. The molecule has 8 heteroatoms. The number of ether oxygens (including phenoxy) is 1. The summed E-state index contributed by atoms with van der Waals surface area (Å²) in [5.74, 6) is -2.08. The van der Waals surface area contributed by atoms with Gasteiger partial charge < -0.3 is 10.1 Å². The highest BCUT2D eigenvalue weighted by atomic mass is 19.4. The maximum absolute atomic E-state index is 13.5. The van der Waals surface area contributed by atoms with Crippen molar-refractivity contribution in [3.63, 3.8) is 0 Å². The molecule has 0 aromatic heterocycles. The molecular weight excluding hydrogens is 354 g/mol. The fraction of sp³-hybridized carbons (Fsp3) is 0.222. The van der Waals surface area contributed by atoms with E-state index in [1.807, 2.05) is 0 Å². The highest BCUT2D eigenvalue weighted by molar-refractivity contribution is 5.95. The van der Waals surface area contributed by atoms with E-state index in [2.05, 4.69) is 5.32 Å². The molecule has 4 nitrogen and oxygen atoms in total. The Balaban J connectivity index is 1.91. The van der Waals surface area contributed by atoms with Crippen LogP contribution in [0.4, 0.5) is 23.2 Å². The van der Waals surface area contributed by atoms with Crippen LogP contribution in [0.3, 0.4) is 0 Å². The van der Waals surface area contributed by atoms with E-state index in [1.54, 1.807) is 6.07 Å². The molecule has 0 aliphatic carbocycles. The summed E-state index contributed by atoms with van der Waals surface area (Å²) in [4.78, 5) is 23.8. The summed E-state index contributed by atoms with van der Waals surface area (Å²) < 4.78 is 55.9. The highest BCUT2D eigenvalue weighted by Crippen LogP contribution is 2.29. The number of hydrogen-bond acceptors (Lipinski definition) is 3. The van der Waals surface area contributed by atoms with E-state index in [-0.39, 0.29) is 17.7 Å². The second kappa shape index (κ2) is 7.99. The van der Waals surface area contributed by atoms with Crippen LogP contribution in [-0.2, 0) is 26.9 Å². The van der Waals surface area contributed by atoms with Gasteiger partial charge in [0.15, 0.2) is 6.10 Å². The van der Waals surface area contributed by atoms with E-state index in [1.165, 1.54) is 25.1 Å². The van der Waals surface area contributed by atoms with Crippen molar-refractivity contribution in [2.45, 2.75) is 25.6 Å². The first-order valence-corrected chi connectivity index (χ1v) is 7.58. The van der Waals surface area contributed by atoms with E-state index in [0.29, 0.717) is 0 Å². The lowest BCUT2D eigenvalue weighted by Crippen LogP contribution is -2.30. The molecule has 1 N–H and O–H groups in total. The number of benzene rings is 2. The molecule has 2 aromatic rings. The lowest BCUT2D eigenvalue weighted by Gasteiger charge is -2.14. The summed E-state index contributed by atoms with van der Waals surface area (Å²) in [5.41, 5.74) is -0.590. The number of esters is 1. The van der Waals surface area contributed by atoms with Crippen molar-refractivity contribution in [1.29, 1.82) is 0 Å². The zero-order chi connectivity index (χ0) is 19.3. The zero-order valence-corrected chi connectivity index (χ0v) is 13.6. The van der Waals surface area contributed by atoms with Crippen molar-refractivity contribution in [1.82, 2.24) is 0 Å². The molecule has 26 heavy (non-hydrogen) atoms. The number of carbonyl (C=O) groups excluding carboxylic acids is 2. The third-order valence-corrected chi connectivity index (χ3v) is 3.45. The molecule has 138 valence electrons. The minimum absolute atomic E-state index is 0.125. The zero-order valence-electron chi connectivity index (χ0n) is 13.6. The van der Waals surface area contributed by atoms with Gasteiger partial charge in [-0.3, -0.25) is 9.59 Å². The van der Waals surface area contributed by atoms with Gasteiger partial charge in [0.1, 0.15) is 5.82 Å². The summed E-state index contributed by atoms with van der Waals surface area (Å²) in [5, 5.41) is 2.34. The fourth-order valence-electron chi connectivity index (χ4n) is 2.08. The van der Waals surface area contributed by atoms with Gasteiger partial charge in [0.25, 0.3) is 5.91 Å². The molecule has 0 aliphatic heterocycles. The minimum Gasteiger partial charge on any atom is -0.452 e. The molecule has 0 aliphatic rings. The van der Waals surface area contributed by atoms with Crippen molar-refractivity contribution in [2.75, 3.05) is 5.32 Å². The van der Waals surface area contributed by atoms with Crippen molar-refractivity contribution >= 4 is 17.6 Å². The van der Waals surface area contributed by atoms with Crippen molar-refractivity contribution in [2.24, 2.45) is 0 Å². The predicted octanol–water partition coefficient (Wildman–Crippen LogP) is 3.96. The maximum atomic E-state index is 13.5. The first-order chi connectivity index (χ1) is 12.2. The van der Waals surface area contributed by atoms with Crippen LogP contribution < -0.4 is 5.32 Å². The molecule has 0 spiro atoms. The second-order valence-corrected chi connectivity index (χ2v) is 5.46. The van der Waals surface area contributed by atoms with Crippen molar-refractivity contribution < 1.29 is 31.9 Å². The number of carbonyl (C=O) groups is 2. The lowest BCUT2D eigenvalue weighted by molar-refractivity contribution is -0.152. The maximum Gasteiger partial charge on any atom is 0.416 e. The molecule has 1 amide bonds. The van der Waals surface area contributed by atoms with Crippen LogP contribution in [-0.4, -0.2) is 18.0 Å². The molecule has 0 heterocycles. The molecule has 0 unspecified atom stereocenters. The largest absolute Gasteiger partial charge is 0.452 e. The van der Waals surface area contributed by atoms with Crippen LogP contribution in [0.25, 0.3) is 0 Å². The highest BCUT2D eigenvalue weighted by Gasteiger charge is 2.30. The Kier molecular flexibility index (Phi) is 5.97. The second-order valence-electron chi connectivity index (χ2n) is 5.46. The molecule has 0 saturated heterocycles. The Morgan fingerprint density at radius 2 is 1.69 bits per heavy atom. The van der Waals surface area contributed by atoms with E-state index >= 15 is 0 Å². The SMILES string of the molecule is C[C@@H](OC(=O)Cc1ccccc1F)C(=O)Nc1ccc(C(F)(F)F)cc1. The average Bonchev–Trinajstić information content (AvgIpc) is 2.56. The molecule has 0 radical (unpaired) electrons. The van der Waals surface area contributed by atoms with E-state index in [9.17, 15) is 27.2 Å². The number of amides is 1. The number of halogens is 4.